The molecule has 1 aromatic rings. The summed E-state index contributed by atoms with van der Waals surface area (Å²) in [6.45, 7) is 5.31. The largest absolute Gasteiger partial charge is 0.303 e. The van der Waals surface area contributed by atoms with Crippen LogP contribution in [0.5, 0.6) is 0 Å². The van der Waals surface area contributed by atoms with E-state index in [1.54, 1.807) is 0 Å². The van der Waals surface area contributed by atoms with E-state index in [4.69, 9.17) is 0 Å². The molecule has 1 aliphatic heterocycles. The van der Waals surface area contributed by atoms with Crippen LogP contribution in [0.3, 0.4) is 0 Å². The Morgan fingerprint density at radius 1 is 1.00 bits per heavy atom. The van der Waals surface area contributed by atoms with Gasteiger partial charge in [-0.05, 0) is 32.9 Å². The van der Waals surface area contributed by atoms with E-state index in [1.165, 1.54) is 50.8 Å². The Labute approximate surface area is 116 Å². The van der Waals surface area contributed by atoms with Gasteiger partial charge in [0.2, 0.25) is 0 Å². The van der Waals surface area contributed by atoms with Gasteiger partial charge in [-0.1, -0.05) is 49.1 Å². The minimum absolute atomic E-state index is 0.280. The molecule has 2 rings (SSSR count). The number of ketones is 1. The molecule has 2 heteroatoms. The van der Waals surface area contributed by atoms with Crippen LogP contribution in [-0.2, 0) is 0 Å². The van der Waals surface area contributed by atoms with E-state index >= 15 is 0 Å². The SMILES string of the molecule is Cc1ccc(C(=O)CCN2CCCCCCC2)cc1. The fourth-order valence-electron chi connectivity index (χ4n) is 2.68. The normalized spacial score (nSPS) is 17.7. The van der Waals surface area contributed by atoms with Crippen molar-refractivity contribution in [3.05, 3.63) is 35.4 Å². The Bertz CT molecular complexity index is 388. The fraction of sp³-hybridized carbons (Fsp3) is 0.588. The van der Waals surface area contributed by atoms with Crippen LogP contribution in [0.25, 0.3) is 0 Å². The Morgan fingerprint density at radius 3 is 2.21 bits per heavy atom. The van der Waals surface area contributed by atoms with Crippen LogP contribution < -0.4 is 0 Å². The Kier molecular flexibility index (Phi) is 5.59. The molecule has 0 N–H and O–H groups in total. The number of rotatable bonds is 4. The van der Waals surface area contributed by atoms with E-state index in [2.05, 4.69) is 11.8 Å². The van der Waals surface area contributed by atoms with Gasteiger partial charge in [0.15, 0.2) is 5.78 Å². The monoisotopic (exact) mass is 259 g/mol. The third-order valence-electron chi connectivity index (χ3n) is 3.98. The van der Waals surface area contributed by atoms with Crippen molar-refractivity contribution < 1.29 is 4.79 Å². The van der Waals surface area contributed by atoms with Crippen LogP contribution in [0.1, 0.15) is 54.4 Å². The van der Waals surface area contributed by atoms with Gasteiger partial charge in [0, 0.05) is 18.5 Å². The lowest BCUT2D eigenvalue weighted by atomic mass is 10.1. The predicted octanol–water partition coefficient (Wildman–Crippen LogP) is 3.83. The molecule has 0 radical (unpaired) electrons. The molecule has 0 atom stereocenters. The molecule has 1 fully saturated rings. The molecule has 1 aromatic carbocycles. The molecule has 0 unspecified atom stereocenters. The number of carbonyl (C=O) groups excluding carboxylic acids is 1. The number of hydrogen-bond donors (Lipinski definition) is 0. The Hall–Kier alpha value is -1.15. The number of nitrogens with zero attached hydrogens (tertiary/aromatic N) is 1. The number of likely N-dealkylation sites (tertiary alicyclic amines) is 1. The summed E-state index contributed by atoms with van der Waals surface area (Å²) in [4.78, 5) is 14.6. The second-order valence-corrected chi connectivity index (χ2v) is 5.65. The van der Waals surface area contributed by atoms with E-state index in [0.717, 1.165) is 12.1 Å². The van der Waals surface area contributed by atoms with Gasteiger partial charge >= 0.3 is 0 Å². The number of hydrogen-bond acceptors (Lipinski definition) is 2. The van der Waals surface area contributed by atoms with Crippen molar-refractivity contribution >= 4 is 5.78 Å². The van der Waals surface area contributed by atoms with Gasteiger partial charge in [0.25, 0.3) is 0 Å². The lowest BCUT2D eigenvalue weighted by Crippen LogP contribution is -2.29. The van der Waals surface area contributed by atoms with Crippen LogP contribution in [0.2, 0.25) is 0 Å². The first-order chi connectivity index (χ1) is 9.25. The minimum atomic E-state index is 0.280. The highest BCUT2D eigenvalue weighted by atomic mass is 16.1. The maximum atomic E-state index is 12.1. The minimum Gasteiger partial charge on any atom is -0.303 e. The van der Waals surface area contributed by atoms with E-state index in [0.29, 0.717) is 6.42 Å². The van der Waals surface area contributed by atoms with Crippen molar-refractivity contribution in [2.45, 2.75) is 45.4 Å². The number of benzene rings is 1. The first-order valence-electron chi connectivity index (χ1n) is 7.58. The van der Waals surface area contributed by atoms with Crippen molar-refractivity contribution in [3.8, 4) is 0 Å². The molecule has 2 nitrogen and oxygen atoms in total. The zero-order valence-electron chi connectivity index (χ0n) is 12.0. The summed E-state index contributed by atoms with van der Waals surface area (Å²) in [7, 11) is 0. The van der Waals surface area contributed by atoms with Crippen LogP contribution in [0.15, 0.2) is 24.3 Å². The summed E-state index contributed by atoms with van der Waals surface area (Å²) in [5, 5.41) is 0. The highest BCUT2D eigenvalue weighted by Crippen LogP contribution is 2.12. The maximum absolute atomic E-state index is 12.1. The quantitative estimate of drug-likeness (QED) is 0.766. The predicted molar refractivity (Wildman–Crippen MR) is 79.7 cm³/mol. The molecular weight excluding hydrogens is 234 g/mol. The average Bonchev–Trinajstić information content (AvgIpc) is 2.38. The molecule has 0 spiro atoms. The molecular formula is C17H25NO. The molecule has 0 aromatic heterocycles. The smallest absolute Gasteiger partial charge is 0.164 e. The van der Waals surface area contributed by atoms with E-state index in [1.807, 2.05) is 24.3 Å². The third-order valence-corrected chi connectivity index (χ3v) is 3.98. The van der Waals surface area contributed by atoms with Crippen LogP contribution in [-0.4, -0.2) is 30.3 Å². The summed E-state index contributed by atoms with van der Waals surface area (Å²) >= 11 is 0. The average molecular weight is 259 g/mol. The topological polar surface area (TPSA) is 20.3 Å². The maximum Gasteiger partial charge on any atom is 0.164 e. The molecule has 1 heterocycles. The lowest BCUT2D eigenvalue weighted by Gasteiger charge is -2.24. The van der Waals surface area contributed by atoms with Crippen molar-refractivity contribution in [2.24, 2.45) is 0 Å². The summed E-state index contributed by atoms with van der Waals surface area (Å²) in [6, 6.07) is 7.93. The zero-order chi connectivity index (χ0) is 13.5. The van der Waals surface area contributed by atoms with Crippen molar-refractivity contribution in [3.63, 3.8) is 0 Å². The second-order valence-electron chi connectivity index (χ2n) is 5.65. The van der Waals surface area contributed by atoms with Gasteiger partial charge in [-0.15, -0.1) is 0 Å². The highest BCUT2D eigenvalue weighted by Gasteiger charge is 2.11. The molecule has 0 amide bonds. The first-order valence-corrected chi connectivity index (χ1v) is 7.58. The molecule has 1 aliphatic rings. The van der Waals surface area contributed by atoms with Gasteiger partial charge in [-0.2, -0.15) is 0 Å². The molecule has 1 saturated heterocycles. The summed E-state index contributed by atoms with van der Waals surface area (Å²) in [6.07, 6.45) is 7.32. The van der Waals surface area contributed by atoms with Gasteiger partial charge in [0.1, 0.15) is 0 Å². The van der Waals surface area contributed by atoms with Crippen LogP contribution in [0, 0.1) is 6.92 Å². The van der Waals surface area contributed by atoms with Crippen LogP contribution in [0.4, 0.5) is 0 Å². The molecule has 0 bridgehead atoms. The standard InChI is InChI=1S/C17H25NO/c1-15-7-9-16(10-8-15)17(19)11-14-18-12-5-3-2-4-6-13-18/h7-10H,2-6,11-14H2,1H3. The van der Waals surface area contributed by atoms with E-state index in [-0.39, 0.29) is 5.78 Å². The van der Waals surface area contributed by atoms with Crippen molar-refractivity contribution in [1.82, 2.24) is 4.90 Å². The number of Topliss-reactive ketones (excluding diaryl/α,β-unsaturated/α-hetero) is 1. The van der Waals surface area contributed by atoms with Crippen LogP contribution >= 0.6 is 0 Å². The Morgan fingerprint density at radius 2 is 1.58 bits per heavy atom. The second kappa shape index (κ2) is 7.44. The van der Waals surface area contributed by atoms with E-state index < -0.39 is 0 Å². The molecule has 19 heavy (non-hydrogen) atoms. The zero-order valence-corrected chi connectivity index (χ0v) is 12.0. The number of carbonyl (C=O) groups is 1. The summed E-state index contributed by atoms with van der Waals surface area (Å²) in [5.41, 5.74) is 2.07. The van der Waals surface area contributed by atoms with Gasteiger partial charge in [-0.25, -0.2) is 0 Å². The van der Waals surface area contributed by atoms with Gasteiger partial charge < -0.3 is 4.90 Å². The van der Waals surface area contributed by atoms with Crippen molar-refractivity contribution in [2.75, 3.05) is 19.6 Å². The molecule has 104 valence electrons. The Balaban J connectivity index is 1.80. The molecule has 0 aliphatic carbocycles. The van der Waals surface area contributed by atoms with Gasteiger partial charge in [0.05, 0.1) is 0 Å². The molecule has 0 saturated carbocycles. The van der Waals surface area contributed by atoms with E-state index in [9.17, 15) is 4.79 Å². The number of aryl methyl sites for hydroxylation is 1. The fourth-order valence-corrected chi connectivity index (χ4v) is 2.68. The highest BCUT2D eigenvalue weighted by molar-refractivity contribution is 5.96. The lowest BCUT2D eigenvalue weighted by molar-refractivity contribution is 0.0962. The summed E-state index contributed by atoms with van der Waals surface area (Å²) < 4.78 is 0. The third kappa shape index (κ3) is 4.79. The first kappa shape index (κ1) is 14.3. The van der Waals surface area contributed by atoms with Crippen molar-refractivity contribution in [1.29, 1.82) is 0 Å². The summed E-state index contributed by atoms with van der Waals surface area (Å²) in [5.74, 6) is 0.280. The van der Waals surface area contributed by atoms with Gasteiger partial charge in [-0.3, -0.25) is 4.79 Å².